The second-order valence-corrected chi connectivity index (χ2v) is 6.84. The van der Waals surface area contributed by atoms with Crippen LogP contribution in [-0.2, 0) is 16.1 Å². The van der Waals surface area contributed by atoms with Crippen molar-refractivity contribution in [2.75, 3.05) is 18.5 Å². The molecule has 1 aromatic heterocycles. The number of nitrogens with two attached hydrogens (primary N) is 1. The van der Waals surface area contributed by atoms with E-state index in [4.69, 9.17) is 10.5 Å². The number of benzene rings is 2. The Hall–Kier alpha value is -2.41. The molecule has 0 aliphatic rings. The van der Waals surface area contributed by atoms with E-state index >= 15 is 0 Å². The van der Waals surface area contributed by atoms with Gasteiger partial charge in [-0.05, 0) is 31.0 Å². The van der Waals surface area contributed by atoms with Gasteiger partial charge in [-0.2, -0.15) is 0 Å². The summed E-state index contributed by atoms with van der Waals surface area (Å²) in [5.74, 6) is 0.0200. The Morgan fingerprint density at radius 2 is 1.86 bits per heavy atom. The molecule has 156 valence electrons. The molecule has 3 aromatic rings. The van der Waals surface area contributed by atoms with Crippen LogP contribution in [0.1, 0.15) is 31.9 Å². The van der Waals surface area contributed by atoms with E-state index in [0.29, 0.717) is 19.2 Å². The van der Waals surface area contributed by atoms with Crippen molar-refractivity contribution in [1.82, 2.24) is 9.55 Å². The molecule has 0 aliphatic carbocycles. The van der Waals surface area contributed by atoms with Crippen LogP contribution >= 0.6 is 12.4 Å². The van der Waals surface area contributed by atoms with E-state index in [1.54, 1.807) is 0 Å². The summed E-state index contributed by atoms with van der Waals surface area (Å²) in [5, 5.41) is 2.98. The monoisotopic (exact) mass is 416 g/mol. The van der Waals surface area contributed by atoms with Gasteiger partial charge >= 0.3 is 0 Å². The molecule has 0 fully saturated rings. The minimum absolute atomic E-state index is 0. The molecule has 0 saturated carbocycles. The first-order valence-corrected chi connectivity index (χ1v) is 9.76. The van der Waals surface area contributed by atoms with Crippen molar-refractivity contribution in [2.45, 2.75) is 32.9 Å². The third-order valence-electron chi connectivity index (χ3n) is 4.90. The zero-order valence-electron chi connectivity index (χ0n) is 16.9. The van der Waals surface area contributed by atoms with Gasteiger partial charge in [0.1, 0.15) is 0 Å². The molecule has 29 heavy (non-hydrogen) atoms. The summed E-state index contributed by atoms with van der Waals surface area (Å²) in [7, 11) is 0. The van der Waals surface area contributed by atoms with Crippen LogP contribution in [0, 0.1) is 5.92 Å². The summed E-state index contributed by atoms with van der Waals surface area (Å²) in [6, 6.07) is 17.2. The highest BCUT2D eigenvalue weighted by Crippen LogP contribution is 2.23. The van der Waals surface area contributed by atoms with Crippen LogP contribution in [0.3, 0.4) is 0 Å². The second-order valence-electron chi connectivity index (χ2n) is 6.84. The quantitative estimate of drug-likeness (QED) is 0.513. The number of nitrogens with zero attached hydrogens (tertiary/aromatic N) is 2. The van der Waals surface area contributed by atoms with Gasteiger partial charge in [0.2, 0.25) is 11.9 Å². The van der Waals surface area contributed by atoms with Crippen LogP contribution in [0.15, 0.2) is 54.6 Å². The Morgan fingerprint density at radius 3 is 2.59 bits per heavy atom. The van der Waals surface area contributed by atoms with Crippen molar-refractivity contribution < 1.29 is 9.53 Å². The summed E-state index contributed by atoms with van der Waals surface area (Å²) >= 11 is 0. The Morgan fingerprint density at radius 1 is 1.17 bits per heavy atom. The number of amides is 1. The predicted octanol–water partition coefficient (Wildman–Crippen LogP) is 4.16. The molecule has 1 amide bonds. The van der Waals surface area contributed by atoms with Crippen molar-refractivity contribution in [3.63, 3.8) is 0 Å². The summed E-state index contributed by atoms with van der Waals surface area (Å²) in [5.41, 5.74) is 9.11. The summed E-state index contributed by atoms with van der Waals surface area (Å²) < 4.78 is 7.48. The standard InChI is InChI=1S/C22H28N4O2.ClH/c1-3-28-15-9-14-26-19-13-8-7-12-18(19)24-22(26)25-21(27)16(2)20(23)17-10-5-4-6-11-17;/h4-8,10-13,16,20H,3,9,14-15,23H2,1-2H3,(H,24,25,27);1H. The summed E-state index contributed by atoms with van der Waals surface area (Å²) in [6.45, 7) is 5.91. The number of carbonyl (C=O) groups is 1. The molecule has 2 aromatic carbocycles. The van der Waals surface area contributed by atoms with Gasteiger partial charge in [0.05, 0.1) is 17.0 Å². The molecule has 0 radical (unpaired) electrons. The number of aromatic nitrogens is 2. The third-order valence-corrected chi connectivity index (χ3v) is 4.90. The highest BCUT2D eigenvalue weighted by Gasteiger charge is 2.24. The maximum Gasteiger partial charge on any atom is 0.231 e. The molecule has 0 aliphatic heterocycles. The predicted molar refractivity (Wildman–Crippen MR) is 119 cm³/mol. The SMILES string of the molecule is CCOCCCn1c(NC(=O)C(C)C(N)c2ccccc2)nc2ccccc21.Cl. The third kappa shape index (κ3) is 5.56. The molecule has 3 rings (SSSR count). The first-order chi connectivity index (χ1) is 13.6. The van der Waals surface area contributed by atoms with Crippen molar-refractivity contribution in [2.24, 2.45) is 11.7 Å². The topological polar surface area (TPSA) is 82.2 Å². The van der Waals surface area contributed by atoms with E-state index in [-0.39, 0.29) is 30.3 Å². The number of anilines is 1. The van der Waals surface area contributed by atoms with E-state index in [1.165, 1.54) is 0 Å². The second kappa shape index (κ2) is 11.0. The van der Waals surface area contributed by atoms with Gasteiger partial charge in [0.25, 0.3) is 0 Å². The number of halogens is 1. The van der Waals surface area contributed by atoms with Gasteiger partial charge in [-0.1, -0.05) is 49.4 Å². The van der Waals surface area contributed by atoms with Gasteiger partial charge < -0.3 is 15.0 Å². The first-order valence-electron chi connectivity index (χ1n) is 9.76. The number of imidazole rings is 1. The van der Waals surface area contributed by atoms with Crippen molar-refractivity contribution in [3.8, 4) is 0 Å². The average Bonchev–Trinajstić information content (AvgIpc) is 3.07. The number of ether oxygens (including phenoxy) is 1. The molecular weight excluding hydrogens is 388 g/mol. The fourth-order valence-corrected chi connectivity index (χ4v) is 3.22. The maximum atomic E-state index is 12.9. The maximum absolute atomic E-state index is 12.9. The van der Waals surface area contributed by atoms with Crippen LogP contribution < -0.4 is 11.1 Å². The number of fused-ring (bicyclic) bond motifs is 1. The Kier molecular flexibility index (Phi) is 8.64. The number of para-hydroxylation sites is 2. The number of carbonyl (C=O) groups excluding carboxylic acids is 1. The van der Waals surface area contributed by atoms with E-state index in [2.05, 4.69) is 10.3 Å². The number of rotatable bonds is 9. The lowest BCUT2D eigenvalue weighted by atomic mass is 9.95. The number of hydrogen-bond acceptors (Lipinski definition) is 4. The normalized spacial score (nSPS) is 12.9. The molecule has 6 nitrogen and oxygen atoms in total. The molecular formula is C22H29ClN4O2. The van der Waals surface area contributed by atoms with Crippen molar-refractivity contribution in [1.29, 1.82) is 0 Å². The minimum atomic E-state index is -0.390. The van der Waals surface area contributed by atoms with Crippen LogP contribution in [0.4, 0.5) is 5.95 Å². The van der Waals surface area contributed by atoms with Crippen molar-refractivity contribution >= 4 is 35.3 Å². The minimum Gasteiger partial charge on any atom is -0.382 e. The molecule has 0 spiro atoms. The fraction of sp³-hybridized carbons (Fsp3) is 0.364. The molecule has 2 unspecified atom stereocenters. The van der Waals surface area contributed by atoms with E-state index in [0.717, 1.165) is 29.6 Å². The van der Waals surface area contributed by atoms with E-state index < -0.39 is 0 Å². The lowest BCUT2D eigenvalue weighted by Gasteiger charge is -2.20. The zero-order valence-corrected chi connectivity index (χ0v) is 17.7. The van der Waals surface area contributed by atoms with Gasteiger partial charge in [-0.25, -0.2) is 4.98 Å². The van der Waals surface area contributed by atoms with Crippen molar-refractivity contribution in [3.05, 3.63) is 60.2 Å². The molecule has 7 heteroatoms. The van der Waals surface area contributed by atoms with Crippen LogP contribution in [0.5, 0.6) is 0 Å². The lowest BCUT2D eigenvalue weighted by Crippen LogP contribution is -2.31. The first kappa shape index (κ1) is 22.9. The fourth-order valence-electron chi connectivity index (χ4n) is 3.22. The number of hydrogen-bond donors (Lipinski definition) is 2. The highest BCUT2D eigenvalue weighted by molar-refractivity contribution is 5.93. The summed E-state index contributed by atoms with van der Waals surface area (Å²) in [6.07, 6.45) is 0.843. The largest absolute Gasteiger partial charge is 0.382 e. The van der Waals surface area contributed by atoms with Crippen LogP contribution in [0.25, 0.3) is 11.0 Å². The average molecular weight is 417 g/mol. The molecule has 0 bridgehead atoms. The van der Waals surface area contributed by atoms with Gasteiger partial charge in [0.15, 0.2) is 0 Å². The molecule has 0 saturated heterocycles. The lowest BCUT2D eigenvalue weighted by molar-refractivity contribution is -0.120. The zero-order chi connectivity index (χ0) is 19.9. The van der Waals surface area contributed by atoms with E-state index in [1.807, 2.05) is 73.0 Å². The molecule has 3 N–H and O–H groups in total. The van der Waals surface area contributed by atoms with Crippen LogP contribution in [-0.4, -0.2) is 28.7 Å². The summed E-state index contributed by atoms with van der Waals surface area (Å²) in [4.78, 5) is 17.5. The highest BCUT2D eigenvalue weighted by atomic mass is 35.5. The van der Waals surface area contributed by atoms with Gasteiger partial charge in [0, 0.05) is 25.8 Å². The Labute approximate surface area is 177 Å². The van der Waals surface area contributed by atoms with E-state index in [9.17, 15) is 4.79 Å². The Balaban J connectivity index is 0.00000300. The van der Waals surface area contributed by atoms with Gasteiger partial charge in [-0.3, -0.25) is 10.1 Å². The molecule has 2 atom stereocenters. The number of aryl methyl sites for hydroxylation is 1. The number of nitrogens with one attached hydrogen (secondary N) is 1. The van der Waals surface area contributed by atoms with Crippen LogP contribution in [0.2, 0.25) is 0 Å². The van der Waals surface area contributed by atoms with Gasteiger partial charge in [-0.15, -0.1) is 12.4 Å². The smallest absolute Gasteiger partial charge is 0.231 e. The molecule has 1 heterocycles. The Bertz CT molecular complexity index is 914.